The van der Waals surface area contributed by atoms with Crippen molar-refractivity contribution in [2.45, 2.75) is 97.1 Å². The molecule has 2 aromatic heterocycles. The molecule has 1 saturated heterocycles. The first-order valence-electron chi connectivity index (χ1n) is 17.8. The van der Waals surface area contributed by atoms with Crippen LogP contribution < -0.4 is 9.64 Å². The number of benzene rings is 2. The summed E-state index contributed by atoms with van der Waals surface area (Å²) in [6, 6.07) is 9.89. The van der Waals surface area contributed by atoms with Gasteiger partial charge >= 0.3 is 5.97 Å². The first-order valence-corrected chi connectivity index (χ1v) is 17.8. The lowest BCUT2D eigenvalue weighted by atomic mass is 9.91. The summed E-state index contributed by atoms with van der Waals surface area (Å²) < 4.78 is 56.0. The number of rotatable bonds is 4. The van der Waals surface area contributed by atoms with Crippen LogP contribution in [0.25, 0.3) is 34.1 Å². The molecule has 10 heteroatoms. The Kier molecular flexibility index (Phi) is 10.3. The Morgan fingerprint density at radius 1 is 1.12 bits per heavy atom. The number of hydrogen-bond donors (Lipinski definition) is 0. The van der Waals surface area contributed by atoms with Crippen LogP contribution in [0, 0.1) is 18.6 Å². The second kappa shape index (κ2) is 14.4. The molecule has 8 nitrogen and oxygen atoms in total. The Hall–Kier alpha value is -4.28. The number of ether oxygens (including phenoxy) is 4. The van der Waals surface area contributed by atoms with E-state index in [4.69, 9.17) is 23.9 Å². The Balaban J connectivity index is 1.60. The van der Waals surface area contributed by atoms with E-state index in [0.717, 1.165) is 60.7 Å². The fourth-order valence-corrected chi connectivity index (χ4v) is 7.21. The normalized spacial score (nSPS) is 20.5. The van der Waals surface area contributed by atoms with Crippen LogP contribution in [0.2, 0.25) is 0 Å². The number of methoxy groups -OCH3 is 1. The summed E-state index contributed by atoms with van der Waals surface area (Å²) in [7, 11) is 1.37. The standard InChI is InChI=1S/C41H49F2N3O5/c1-9-29-26(3)35(36(39(47)48-8)51-40(4,5)6)38-45-18-16-41(7,17-19-45)49-20-11-10-13-25(2)50-34-23-32(43)31(42)22-30(34)27-14-12-15-28(21-27)33-24-46(38)37(29)44-33/h9,12,14-15,21-25,36H,1,10-11,13,16-20H2,2-8H3/t25-,36-/m0/s1. The molecule has 0 saturated carbocycles. The van der Waals surface area contributed by atoms with Gasteiger partial charge in [0.15, 0.2) is 17.7 Å². The summed E-state index contributed by atoms with van der Waals surface area (Å²) in [5.74, 6) is -1.34. The number of esters is 1. The van der Waals surface area contributed by atoms with E-state index in [9.17, 15) is 13.6 Å². The molecule has 0 N–H and O–H groups in total. The highest BCUT2D eigenvalue weighted by atomic mass is 19.2. The van der Waals surface area contributed by atoms with Crippen molar-refractivity contribution in [3.05, 3.63) is 77.5 Å². The number of anilines is 1. The molecule has 5 heterocycles. The van der Waals surface area contributed by atoms with Gasteiger partial charge in [0.05, 0.1) is 30.1 Å². The Labute approximate surface area is 299 Å². The molecular weight excluding hydrogens is 652 g/mol. The van der Waals surface area contributed by atoms with Crippen LogP contribution in [0.15, 0.2) is 49.2 Å². The van der Waals surface area contributed by atoms with E-state index in [1.54, 1.807) is 6.08 Å². The van der Waals surface area contributed by atoms with Crippen LogP contribution in [0.1, 0.15) is 89.5 Å². The smallest absolute Gasteiger partial charge is 0.339 e. The van der Waals surface area contributed by atoms with Crippen molar-refractivity contribution < 1.29 is 32.5 Å². The molecular formula is C41H49F2N3O5. The Morgan fingerprint density at radius 3 is 2.51 bits per heavy atom. The van der Waals surface area contributed by atoms with E-state index >= 15 is 0 Å². The number of pyridine rings is 1. The summed E-state index contributed by atoms with van der Waals surface area (Å²) in [5, 5.41) is 0. The highest BCUT2D eigenvalue weighted by molar-refractivity contribution is 5.85. The molecule has 0 amide bonds. The van der Waals surface area contributed by atoms with Gasteiger partial charge in [-0.15, -0.1) is 0 Å². The van der Waals surface area contributed by atoms with Crippen molar-refractivity contribution in [3.63, 3.8) is 0 Å². The second-order valence-corrected chi connectivity index (χ2v) is 15.0. The molecule has 0 aliphatic carbocycles. The van der Waals surface area contributed by atoms with Gasteiger partial charge in [-0.3, -0.25) is 4.40 Å². The molecule has 7 rings (SSSR count). The SMILES string of the molecule is C=Cc1c(C)c([C@H](OC(C)(C)C)C(=O)OC)c2n3cc(nc13)-c1cccc(c1)-c1cc(F)c(F)cc1O[C@@H](C)CCCCOC1(C)CCN2CC1. The Morgan fingerprint density at radius 2 is 1.82 bits per heavy atom. The fraction of sp³-hybridized carbons (Fsp3) is 0.463. The van der Waals surface area contributed by atoms with Crippen molar-refractivity contribution >= 4 is 23.5 Å². The van der Waals surface area contributed by atoms with Gasteiger partial charge in [-0.25, -0.2) is 18.6 Å². The molecule has 6 bridgehead atoms. The third-order valence-electron chi connectivity index (χ3n) is 9.97. The lowest BCUT2D eigenvalue weighted by Gasteiger charge is -2.42. The third kappa shape index (κ3) is 7.53. The lowest BCUT2D eigenvalue weighted by molar-refractivity contribution is -0.164. The van der Waals surface area contributed by atoms with Crippen molar-refractivity contribution in [3.8, 4) is 28.1 Å². The molecule has 1 fully saturated rings. The number of aromatic nitrogens is 2. The molecule has 0 radical (unpaired) electrons. The van der Waals surface area contributed by atoms with E-state index in [0.29, 0.717) is 47.7 Å². The van der Waals surface area contributed by atoms with Crippen LogP contribution in [-0.2, 0) is 19.0 Å². The van der Waals surface area contributed by atoms with Gasteiger partial charge in [-0.05, 0) is 96.9 Å². The maximum absolute atomic E-state index is 14.8. The number of carbonyl (C=O) groups excluding carboxylic acids is 1. The van der Waals surface area contributed by atoms with Crippen LogP contribution in [0.5, 0.6) is 5.75 Å². The highest BCUT2D eigenvalue weighted by Gasteiger charge is 2.38. The van der Waals surface area contributed by atoms with Crippen LogP contribution in [0.3, 0.4) is 0 Å². The van der Waals surface area contributed by atoms with Gasteiger partial charge in [0.2, 0.25) is 0 Å². The van der Waals surface area contributed by atoms with E-state index in [2.05, 4.69) is 18.4 Å². The van der Waals surface area contributed by atoms with Crippen LogP contribution in [-0.4, -0.2) is 59.5 Å². The summed E-state index contributed by atoms with van der Waals surface area (Å²) in [5.41, 5.74) is 4.49. The number of nitrogens with zero attached hydrogens (tertiary/aromatic N) is 3. The van der Waals surface area contributed by atoms with Gasteiger partial charge in [-0.2, -0.15) is 0 Å². The van der Waals surface area contributed by atoms with Crippen LogP contribution >= 0.6 is 0 Å². The minimum absolute atomic E-state index is 0.219. The quantitative estimate of drug-likeness (QED) is 0.197. The van der Waals surface area contributed by atoms with E-state index < -0.39 is 29.3 Å². The topological polar surface area (TPSA) is 74.5 Å². The minimum atomic E-state index is -1.02. The van der Waals surface area contributed by atoms with Gasteiger partial charge in [0.25, 0.3) is 0 Å². The van der Waals surface area contributed by atoms with Crippen molar-refractivity contribution in [1.29, 1.82) is 0 Å². The van der Waals surface area contributed by atoms with E-state index in [-0.39, 0.29) is 17.5 Å². The average molecular weight is 702 g/mol. The van der Waals surface area contributed by atoms with Crippen molar-refractivity contribution in [2.75, 3.05) is 31.7 Å². The molecule has 3 aliphatic rings. The van der Waals surface area contributed by atoms with Gasteiger partial charge in [0.1, 0.15) is 17.2 Å². The van der Waals surface area contributed by atoms with E-state index in [1.165, 1.54) is 13.2 Å². The van der Waals surface area contributed by atoms with Crippen molar-refractivity contribution in [1.82, 2.24) is 9.38 Å². The van der Waals surface area contributed by atoms with Gasteiger partial charge < -0.3 is 23.8 Å². The first-order chi connectivity index (χ1) is 24.2. The average Bonchev–Trinajstić information content (AvgIpc) is 3.52. The highest BCUT2D eigenvalue weighted by Crippen LogP contribution is 2.42. The monoisotopic (exact) mass is 701 g/mol. The summed E-state index contributed by atoms with van der Waals surface area (Å²) in [4.78, 5) is 21.0. The predicted molar refractivity (Wildman–Crippen MR) is 196 cm³/mol. The molecule has 0 unspecified atom stereocenters. The number of imidazole rings is 1. The zero-order valence-corrected chi connectivity index (χ0v) is 30.8. The molecule has 4 aromatic rings. The molecule has 2 aromatic carbocycles. The maximum atomic E-state index is 14.8. The van der Waals surface area contributed by atoms with Gasteiger partial charge in [-0.1, -0.05) is 30.9 Å². The summed E-state index contributed by atoms with van der Waals surface area (Å²) in [6.45, 7) is 17.9. The van der Waals surface area contributed by atoms with E-state index in [1.807, 2.05) is 69.5 Å². The number of piperidine rings is 1. The predicted octanol–water partition coefficient (Wildman–Crippen LogP) is 9.25. The Bertz CT molecular complexity index is 1940. The number of hydrogen-bond acceptors (Lipinski definition) is 7. The van der Waals surface area contributed by atoms with Gasteiger partial charge in [0, 0.05) is 54.2 Å². The minimum Gasteiger partial charge on any atom is -0.490 e. The summed E-state index contributed by atoms with van der Waals surface area (Å²) >= 11 is 0. The number of fused-ring (bicyclic) bond motifs is 8. The molecule has 0 spiro atoms. The zero-order chi connectivity index (χ0) is 36.7. The first kappa shape index (κ1) is 36.5. The number of halogens is 2. The lowest BCUT2D eigenvalue weighted by Crippen LogP contribution is -2.45. The maximum Gasteiger partial charge on any atom is 0.339 e. The number of carbonyl (C=O) groups is 1. The molecule has 51 heavy (non-hydrogen) atoms. The van der Waals surface area contributed by atoms with Crippen molar-refractivity contribution in [2.24, 2.45) is 0 Å². The second-order valence-electron chi connectivity index (χ2n) is 15.0. The molecule has 3 aliphatic heterocycles. The molecule has 272 valence electrons. The third-order valence-corrected chi connectivity index (χ3v) is 9.97. The largest absolute Gasteiger partial charge is 0.490 e. The summed E-state index contributed by atoms with van der Waals surface area (Å²) in [6.07, 6.45) is 6.47. The van der Waals surface area contributed by atoms with Crippen LogP contribution in [0.4, 0.5) is 14.6 Å². The zero-order valence-electron chi connectivity index (χ0n) is 30.8. The molecule has 2 atom stereocenters. The fourth-order valence-electron chi connectivity index (χ4n) is 7.21.